The van der Waals surface area contributed by atoms with E-state index in [1.54, 1.807) is 12.1 Å². The summed E-state index contributed by atoms with van der Waals surface area (Å²) in [5, 5.41) is 12.1. The predicted octanol–water partition coefficient (Wildman–Crippen LogP) is 2.88. The van der Waals surface area contributed by atoms with Gasteiger partial charge in [-0.2, -0.15) is 0 Å². The Kier molecular flexibility index (Phi) is 7.86. The third-order valence-electron chi connectivity index (χ3n) is 2.56. The molecule has 1 rings (SSSR count). The molecule has 0 amide bonds. The van der Waals surface area contributed by atoms with Crippen LogP contribution in [0.5, 0.6) is 0 Å². The van der Waals surface area contributed by atoms with Gasteiger partial charge in [-0.3, -0.25) is 0 Å². The zero-order chi connectivity index (χ0) is 12.9. The van der Waals surface area contributed by atoms with E-state index in [1.165, 1.54) is 12.5 Å². The zero-order valence-electron chi connectivity index (χ0n) is 10.8. The molecule has 0 unspecified atom stereocenters. The molecule has 0 aromatic heterocycles. The van der Waals surface area contributed by atoms with Crippen LogP contribution in [0.3, 0.4) is 0 Å². The number of carboxylic acids is 1. The summed E-state index contributed by atoms with van der Waals surface area (Å²) in [7, 11) is -0.937. The van der Waals surface area contributed by atoms with Crippen LogP contribution in [0.25, 0.3) is 0 Å². The summed E-state index contributed by atoms with van der Waals surface area (Å²) >= 11 is 0. The minimum absolute atomic E-state index is 0. The molecular formula is C13H22NNaO2Si. The van der Waals surface area contributed by atoms with Crippen molar-refractivity contribution in [2.45, 2.75) is 32.1 Å². The minimum atomic E-state index is -0.937. The quantitative estimate of drug-likeness (QED) is 0.620. The van der Waals surface area contributed by atoms with E-state index in [0.717, 1.165) is 12.2 Å². The van der Waals surface area contributed by atoms with Crippen molar-refractivity contribution in [2.24, 2.45) is 0 Å². The van der Waals surface area contributed by atoms with Crippen LogP contribution in [0, 0.1) is 0 Å². The average molecular weight is 275 g/mol. The molecule has 3 nitrogen and oxygen atoms in total. The van der Waals surface area contributed by atoms with Crippen LogP contribution in [0.15, 0.2) is 24.3 Å². The van der Waals surface area contributed by atoms with Crippen molar-refractivity contribution in [3.63, 3.8) is 0 Å². The number of anilines is 1. The molecule has 18 heavy (non-hydrogen) atoms. The maximum atomic E-state index is 10.7. The fourth-order valence-electron chi connectivity index (χ4n) is 1.58. The maximum absolute atomic E-state index is 10.7. The zero-order valence-corrected chi connectivity index (χ0v) is 11.8. The molecule has 0 aliphatic rings. The number of nitrogens with one attached hydrogen (secondary N) is 1. The summed E-state index contributed by atoms with van der Waals surface area (Å²) < 4.78 is 0. The van der Waals surface area contributed by atoms with Gasteiger partial charge in [0.2, 0.25) is 0 Å². The van der Waals surface area contributed by atoms with Gasteiger partial charge in [0.25, 0.3) is 0 Å². The Morgan fingerprint density at radius 3 is 2.22 bits per heavy atom. The topological polar surface area (TPSA) is 49.3 Å². The van der Waals surface area contributed by atoms with Gasteiger partial charge in [0.1, 0.15) is 0 Å². The first kappa shape index (κ1) is 17.7. The molecule has 1 aromatic rings. The Labute approximate surface area is 132 Å². The van der Waals surface area contributed by atoms with E-state index in [2.05, 4.69) is 25.0 Å². The molecule has 0 aliphatic heterocycles. The number of hydrogen-bond donors (Lipinski definition) is 2. The van der Waals surface area contributed by atoms with E-state index in [0.29, 0.717) is 5.56 Å². The van der Waals surface area contributed by atoms with Gasteiger partial charge in [-0.05, 0) is 30.7 Å². The molecule has 0 fully saturated rings. The standard InChI is InChI=1S/C13H21NO2Si.Na.H/c1-17(2,3)10-4-9-14-12-7-5-11(6-8-12)13(15)16;;/h5-8,14H,4,9-10H2,1-3H3,(H,15,16);;. The predicted molar refractivity (Wildman–Crippen MR) is 81.8 cm³/mol. The molecule has 0 saturated heterocycles. The fraction of sp³-hybridized carbons (Fsp3) is 0.462. The van der Waals surface area contributed by atoms with Crippen molar-refractivity contribution >= 4 is 49.3 Å². The van der Waals surface area contributed by atoms with Gasteiger partial charge in [0.15, 0.2) is 0 Å². The molecule has 0 aliphatic carbocycles. The van der Waals surface area contributed by atoms with E-state index in [-0.39, 0.29) is 29.6 Å². The summed E-state index contributed by atoms with van der Waals surface area (Å²) in [4.78, 5) is 10.7. The van der Waals surface area contributed by atoms with Gasteiger partial charge >= 0.3 is 35.5 Å². The second-order valence-electron chi connectivity index (χ2n) is 5.47. The summed E-state index contributed by atoms with van der Waals surface area (Å²) in [6.07, 6.45) is 1.18. The molecule has 2 N–H and O–H groups in total. The molecule has 0 spiro atoms. The first-order valence-corrected chi connectivity index (χ1v) is 9.66. The van der Waals surface area contributed by atoms with Crippen LogP contribution in [0.4, 0.5) is 5.69 Å². The van der Waals surface area contributed by atoms with Crippen LogP contribution >= 0.6 is 0 Å². The van der Waals surface area contributed by atoms with Crippen LogP contribution in [-0.2, 0) is 0 Å². The number of aromatic carboxylic acids is 1. The number of benzene rings is 1. The molecule has 0 heterocycles. The Morgan fingerprint density at radius 1 is 1.22 bits per heavy atom. The van der Waals surface area contributed by atoms with Gasteiger partial charge in [0.05, 0.1) is 5.56 Å². The number of hydrogen-bond acceptors (Lipinski definition) is 2. The van der Waals surface area contributed by atoms with Crippen molar-refractivity contribution in [1.29, 1.82) is 0 Å². The van der Waals surface area contributed by atoms with Gasteiger partial charge in [-0.15, -0.1) is 0 Å². The van der Waals surface area contributed by atoms with Crippen LogP contribution in [-0.4, -0.2) is 55.3 Å². The van der Waals surface area contributed by atoms with Crippen molar-refractivity contribution < 1.29 is 9.90 Å². The van der Waals surface area contributed by atoms with E-state index in [1.807, 2.05) is 12.1 Å². The second kappa shape index (κ2) is 7.99. The van der Waals surface area contributed by atoms with Crippen molar-refractivity contribution in [1.82, 2.24) is 0 Å². The average Bonchev–Trinajstić information content (AvgIpc) is 2.24. The molecule has 96 valence electrons. The van der Waals surface area contributed by atoms with E-state index < -0.39 is 14.0 Å². The van der Waals surface area contributed by atoms with Gasteiger partial charge < -0.3 is 10.4 Å². The Bertz CT molecular complexity index is 374. The molecule has 1 aromatic carbocycles. The molecule has 0 bridgehead atoms. The molecular weight excluding hydrogens is 253 g/mol. The van der Waals surface area contributed by atoms with E-state index in [4.69, 9.17) is 5.11 Å². The molecule has 0 saturated carbocycles. The third-order valence-corrected chi connectivity index (χ3v) is 4.42. The summed E-state index contributed by atoms with van der Waals surface area (Å²) in [6.45, 7) is 8.06. The van der Waals surface area contributed by atoms with Crippen LogP contribution in [0.1, 0.15) is 16.8 Å². The Balaban J connectivity index is 0.00000289. The van der Waals surface area contributed by atoms with Crippen molar-refractivity contribution in [3.05, 3.63) is 29.8 Å². The van der Waals surface area contributed by atoms with Crippen LogP contribution in [0.2, 0.25) is 25.7 Å². The number of carbonyl (C=O) groups is 1. The molecule has 0 radical (unpaired) electrons. The summed E-state index contributed by atoms with van der Waals surface area (Å²) in [5.74, 6) is -0.879. The Morgan fingerprint density at radius 2 is 1.78 bits per heavy atom. The van der Waals surface area contributed by atoms with E-state index in [9.17, 15) is 4.79 Å². The molecule has 5 heteroatoms. The SMILES string of the molecule is C[Si](C)(C)CCCNc1ccc(C(=O)O)cc1.[NaH]. The van der Waals surface area contributed by atoms with Gasteiger partial charge in [0, 0.05) is 20.3 Å². The normalized spacial score (nSPS) is 10.6. The molecule has 0 atom stereocenters. The third kappa shape index (κ3) is 7.21. The van der Waals surface area contributed by atoms with E-state index >= 15 is 0 Å². The first-order valence-electron chi connectivity index (χ1n) is 5.96. The fourth-order valence-corrected chi connectivity index (χ4v) is 2.82. The number of carboxylic acid groups (broad SMARTS) is 1. The second-order valence-corrected chi connectivity index (χ2v) is 11.1. The van der Waals surface area contributed by atoms with Crippen molar-refractivity contribution in [3.8, 4) is 0 Å². The monoisotopic (exact) mass is 275 g/mol. The Hall–Kier alpha value is -0.293. The van der Waals surface area contributed by atoms with Gasteiger partial charge in [-0.25, -0.2) is 4.79 Å². The van der Waals surface area contributed by atoms with Crippen LogP contribution < -0.4 is 5.32 Å². The first-order chi connectivity index (χ1) is 7.88. The number of rotatable bonds is 6. The van der Waals surface area contributed by atoms with Crippen molar-refractivity contribution in [2.75, 3.05) is 11.9 Å². The van der Waals surface area contributed by atoms with Gasteiger partial charge in [-0.1, -0.05) is 25.7 Å². The summed E-state index contributed by atoms with van der Waals surface area (Å²) in [6, 6.07) is 8.20. The summed E-state index contributed by atoms with van der Waals surface area (Å²) in [5.41, 5.74) is 1.32.